The highest BCUT2D eigenvalue weighted by Crippen LogP contribution is 2.48. The number of benzene rings is 8. The van der Waals surface area contributed by atoms with Gasteiger partial charge in [0.25, 0.3) is 8.53 Å². The van der Waals surface area contributed by atoms with Crippen LogP contribution in [0.2, 0.25) is 0 Å². The van der Waals surface area contributed by atoms with Crippen LogP contribution in [-0.2, 0) is 25.8 Å². The molecule has 0 aliphatic carbocycles. The first-order valence-corrected chi connectivity index (χ1v) is 23.9. The summed E-state index contributed by atoms with van der Waals surface area (Å²) in [6, 6.07) is 57.2. The summed E-state index contributed by atoms with van der Waals surface area (Å²) in [5, 5.41) is 16.9. The van der Waals surface area contributed by atoms with E-state index in [0.29, 0.717) is 19.4 Å². The van der Waals surface area contributed by atoms with Gasteiger partial charge in [-0.05, 0) is 138 Å². The fourth-order valence-corrected chi connectivity index (χ4v) is 10.7. The third kappa shape index (κ3) is 10.1. The van der Waals surface area contributed by atoms with E-state index in [1.54, 1.807) is 14.2 Å². The largest absolute Gasteiger partial charge is 0.497 e. The molecule has 2 atom stereocenters. The minimum absolute atomic E-state index is 0.150. The molecule has 7 nitrogen and oxygen atoms in total. The molecule has 0 radical (unpaired) electrons. The molecule has 8 heteroatoms. The molecule has 0 bridgehead atoms. The molecule has 66 heavy (non-hydrogen) atoms. The Morgan fingerprint density at radius 2 is 1.17 bits per heavy atom. The van der Waals surface area contributed by atoms with Crippen molar-refractivity contribution < 1.29 is 23.3 Å². The van der Waals surface area contributed by atoms with Gasteiger partial charge in [0.2, 0.25) is 0 Å². The van der Waals surface area contributed by atoms with E-state index in [4.69, 9.17) is 23.3 Å². The van der Waals surface area contributed by atoms with Crippen LogP contribution >= 0.6 is 8.53 Å². The van der Waals surface area contributed by atoms with Crippen LogP contribution in [0.4, 0.5) is 0 Å². The summed E-state index contributed by atoms with van der Waals surface area (Å²) in [6.45, 7) is 9.27. The molecule has 8 aromatic rings. The van der Waals surface area contributed by atoms with Crippen LogP contribution in [0.15, 0.2) is 158 Å². The maximum Gasteiger partial charge on any atom is 0.259 e. The monoisotopic (exact) mass is 892 g/mol. The number of hydrogen-bond donors (Lipinski definition) is 0. The van der Waals surface area contributed by atoms with Gasteiger partial charge in [-0.25, -0.2) is 4.67 Å². The molecule has 0 aliphatic heterocycles. The standard InChI is InChI=1S/C58H57N2O5P/c1-41(2)60(42(3)4)66(64-38-11-37-59)65-54(36-39-63-58(49-14-8-7-9-15-49,50-27-31-52(61-5)32-28-50)51-29-33-53(62-6)34-30-51)40-44-18-16-43(17-19-44)20-21-45-22-23-48-25-24-46-12-10-13-47-26-35-55(45)57(48)56(46)47/h7-10,12-19,22-35,41-42,54H,11,36,38-40H2,1-6H3. The van der Waals surface area contributed by atoms with E-state index in [-0.39, 0.29) is 31.2 Å². The summed E-state index contributed by atoms with van der Waals surface area (Å²) in [4.78, 5) is 0. The highest BCUT2D eigenvalue weighted by atomic mass is 31.2. The molecule has 2 unspecified atom stereocenters. The Hall–Kier alpha value is -6.28. The van der Waals surface area contributed by atoms with Crippen molar-refractivity contribution in [3.63, 3.8) is 0 Å². The van der Waals surface area contributed by atoms with Crippen molar-refractivity contribution in [2.45, 2.75) is 70.7 Å². The molecule has 8 rings (SSSR count). The van der Waals surface area contributed by atoms with Crippen LogP contribution in [0.3, 0.4) is 0 Å². The molecule has 0 saturated carbocycles. The second-order valence-electron chi connectivity index (χ2n) is 17.0. The minimum atomic E-state index is -1.53. The first kappa shape index (κ1) is 46.3. The molecule has 0 aromatic heterocycles. The Morgan fingerprint density at radius 3 is 1.76 bits per heavy atom. The van der Waals surface area contributed by atoms with Crippen LogP contribution in [0.1, 0.15) is 73.9 Å². The van der Waals surface area contributed by atoms with Crippen molar-refractivity contribution in [3.05, 3.63) is 191 Å². The molecule has 0 aliphatic rings. The molecule has 0 amide bonds. The van der Waals surface area contributed by atoms with Crippen molar-refractivity contribution in [1.29, 1.82) is 5.26 Å². The molecule has 8 aromatic carbocycles. The van der Waals surface area contributed by atoms with E-state index >= 15 is 0 Å². The molecule has 0 saturated heterocycles. The maximum absolute atomic E-state index is 9.46. The van der Waals surface area contributed by atoms with Gasteiger partial charge in [-0.3, -0.25) is 0 Å². The zero-order valence-electron chi connectivity index (χ0n) is 38.7. The lowest BCUT2D eigenvalue weighted by Gasteiger charge is -2.38. The maximum atomic E-state index is 9.46. The Balaban J connectivity index is 1.11. The zero-order valence-corrected chi connectivity index (χ0v) is 39.6. The van der Waals surface area contributed by atoms with Crippen LogP contribution in [0.5, 0.6) is 11.5 Å². The van der Waals surface area contributed by atoms with E-state index in [0.717, 1.165) is 44.9 Å². The smallest absolute Gasteiger partial charge is 0.259 e. The Morgan fingerprint density at radius 1 is 0.591 bits per heavy atom. The van der Waals surface area contributed by atoms with Crippen molar-refractivity contribution in [1.82, 2.24) is 4.67 Å². The van der Waals surface area contributed by atoms with Crippen LogP contribution in [-0.4, -0.2) is 50.3 Å². The summed E-state index contributed by atoms with van der Waals surface area (Å²) in [5.41, 5.74) is 5.00. The second-order valence-corrected chi connectivity index (χ2v) is 18.4. The topological polar surface area (TPSA) is 73.2 Å². The molecule has 0 spiro atoms. The van der Waals surface area contributed by atoms with Gasteiger partial charge in [-0.15, -0.1) is 0 Å². The van der Waals surface area contributed by atoms with Crippen molar-refractivity contribution in [3.8, 4) is 29.4 Å². The van der Waals surface area contributed by atoms with Gasteiger partial charge in [0, 0.05) is 23.2 Å². The predicted molar refractivity (Wildman–Crippen MR) is 269 cm³/mol. The highest BCUT2D eigenvalue weighted by molar-refractivity contribution is 7.44. The minimum Gasteiger partial charge on any atom is -0.497 e. The van der Waals surface area contributed by atoms with Crippen LogP contribution in [0.25, 0.3) is 32.3 Å². The van der Waals surface area contributed by atoms with E-state index in [9.17, 15) is 5.26 Å². The Kier molecular flexibility index (Phi) is 15.0. The van der Waals surface area contributed by atoms with Gasteiger partial charge in [0.05, 0.1) is 46.0 Å². The van der Waals surface area contributed by atoms with Crippen LogP contribution < -0.4 is 9.47 Å². The molecular formula is C58H57N2O5P. The van der Waals surface area contributed by atoms with Gasteiger partial charge < -0.3 is 23.3 Å². The highest BCUT2D eigenvalue weighted by Gasteiger charge is 2.38. The molecule has 0 heterocycles. The van der Waals surface area contributed by atoms with Crippen molar-refractivity contribution in [2.24, 2.45) is 0 Å². The van der Waals surface area contributed by atoms with Gasteiger partial charge in [0.1, 0.15) is 17.1 Å². The average Bonchev–Trinajstić information content (AvgIpc) is 3.34. The first-order valence-electron chi connectivity index (χ1n) is 22.7. The average molecular weight is 893 g/mol. The summed E-state index contributed by atoms with van der Waals surface area (Å²) in [5.74, 6) is 8.49. The van der Waals surface area contributed by atoms with Gasteiger partial charge in [-0.2, -0.15) is 5.26 Å². The number of nitriles is 1. The summed E-state index contributed by atoms with van der Waals surface area (Å²) < 4.78 is 34.4. The summed E-state index contributed by atoms with van der Waals surface area (Å²) in [7, 11) is 1.82. The lowest BCUT2D eigenvalue weighted by molar-refractivity contribution is -0.00401. The van der Waals surface area contributed by atoms with Gasteiger partial charge >= 0.3 is 0 Å². The molecule has 334 valence electrons. The molecule has 0 N–H and O–H groups in total. The van der Waals surface area contributed by atoms with E-state index < -0.39 is 14.1 Å². The van der Waals surface area contributed by atoms with Crippen molar-refractivity contribution in [2.75, 3.05) is 27.4 Å². The Labute approximate surface area is 391 Å². The van der Waals surface area contributed by atoms with Crippen molar-refractivity contribution >= 4 is 40.8 Å². The quantitative estimate of drug-likeness (QED) is 0.0263. The second kappa shape index (κ2) is 21.4. The van der Waals surface area contributed by atoms with Crippen LogP contribution in [0, 0.1) is 23.2 Å². The Bertz CT molecular complexity index is 2860. The van der Waals surface area contributed by atoms with E-state index in [1.165, 1.54) is 32.3 Å². The number of hydrogen-bond acceptors (Lipinski definition) is 7. The SMILES string of the molecule is COc1ccc(C(OCCC(Cc2ccc(C#Cc3ccc4ccc5cccc6ccc3c4c56)cc2)OP(OCCC#N)N(C(C)C)C(C)C)(c2ccccc2)c2ccc(OC)cc2)cc1. The van der Waals surface area contributed by atoms with E-state index in [2.05, 4.69) is 166 Å². The first-order chi connectivity index (χ1) is 32.2. The van der Waals surface area contributed by atoms with Gasteiger partial charge in [0.15, 0.2) is 0 Å². The lowest BCUT2D eigenvalue weighted by atomic mass is 9.80. The number of methoxy groups -OCH3 is 2. The zero-order chi connectivity index (χ0) is 46.0. The fraction of sp³-hybridized carbons (Fsp3) is 0.259. The fourth-order valence-electron chi connectivity index (χ4n) is 9.00. The van der Waals surface area contributed by atoms with E-state index in [1.807, 2.05) is 42.5 Å². The third-order valence-electron chi connectivity index (χ3n) is 12.1. The third-order valence-corrected chi connectivity index (χ3v) is 14.3. The molecular weight excluding hydrogens is 836 g/mol. The van der Waals surface area contributed by atoms with Gasteiger partial charge in [-0.1, -0.05) is 127 Å². The summed E-state index contributed by atoms with van der Waals surface area (Å²) in [6.07, 6.45) is 1.15. The lowest BCUT2D eigenvalue weighted by Crippen LogP contribution is -2.36. The normalized spacial score (nSPS) is 12.7. The number of ether oxygens (including phenoxy) is 3. The molecule has 0 fully saturated rings. The number of nitrogens with zero attached hydrogens (tertiary/aromatic N) is 2. The summed E-state index contributed by atoms with van der Waals surface area (Å²) >= 11 is 0. The number of rotatable bonds is 19. The predicted octanol–water partition coefficient (Wildman–Crippen LogP) is 13.6.